The van der Waals surface area contributed by atoms with Gasteiger partial charge in [0.2, 0.25) is 5.95 Å². The van der Waals surface area contributed by atoms with Gasteiger partial charge >= 0.3 is 0 Å². The van der Waals surface area contributed by atoms with Gasteiger partial charge in [-0.3, -0.25) is 4.79 Å². The zero-order valence-corrected chi connectivity index (χ0v) is 16.1. The first kappa shape index (κ1) is 18.6. The molecule has 0 aliphatic heterocycles. The number of rotatable bonds is 6. The first-order valence-electron chi connectivity index (χ1n) is 7.76. The van der Waals surface area contributed by atoms with E-state index >= 15 is 0 Å². The lowest BCUT2D eigenvalue weighted by Gasteiger charge is -2.06. The SMILES string of the molecule is CNc1ncnc(-c2ccc(C(=O)NCCc3ccc(Cl)cc3Cl)s2)n1. The van der Waals surface area contributed by atoms with E-state index in [1.807, 2.05) is 12.1 Å². The summed E-state index contributed by atoms with van der Waals surface area (Å²) in [4.78, 5) is 26.1. The standard InChI is InChI=1S/C17H15Cl2N5OS/c1-20-17-23-9-22-15(24-17)13-4-5-14(26-13)16(25)21-7-6-10-2-3-11(18)8-12(10)19/h2-5,8-9H,6-7H2,1H3,(H,21,25)(H,20,22,23,24). The summed E-state index contributed by atoms with van der Waals surface area (Å²) in [6.45, 7) is 0.475. The van der Waals surface area contributed by atoms with Gasteiger partial charge in [-0.1, -0.05) is 29.3 Å². The van der Waals surface area contributed by atoms with Crippen molar-refractivity contribution in [1.82, 2.24) is 20.3 Å². The molecule has 0 unspecified atom stereocenters. The number of amides is 1. The third kappa shape index (κ3) is 4.49. The molecule has 0 aliphatic rings. The highest BCUT2D eigenvalue weighted by Gasteiger charge is 2.12. The Morgan fingerprint density at radius 2 is 2.04 bits per heavy atom. The average Bonchev–Trinajstić information content (AvgIpc) is 3.14. The lowest BCUT2D eigenvalue weighted by molar-refractivity contribution is 0.0958. The zero-order chi connectivity index (χ0) is 18.5. The van der Waals surface area contributed by atoms with Crippen LogP contribution in [0.25, 0.3) is 10.7 Å². The number of hydrogen-bond donors (Lipinski definition) is 2. The van der Waals surface area contributed by atoms with Crippen LogP contribution in [0.3, 0.4) is 0 Å². The molecule has 2 aromatic heterocycles. The minimum atomic E-state index is -0.144. The van der Waals surface area contributed by atoms with Crippen molar-refractivity contribution in [3.63, 3.8) is 0 Å². The molecule has 6 nitrogen and oxygen atoms in total. The van der Waals surface area contributed by atoms with E-state index in [0.717, 1.165) is 10.4 Å². The van der Waals surface area contributed by atoms with Crippen LogP contribution in [-0.2, 0) is 6.42 Å². The Kier molecular flexibility index (Phi) is 6.03. The van der Waals surface area contributed by atoms with Crippen LogP contribution in [0.5, 0.6) is 0 Å². The lowest BCUT2D eigenvalue weighted by Crippen LogP contribution is -2.24. The van der Waals surface area contributed by atoms with Gasteiger partial charge in [0.05, 0.1) is 9.75 Å². The van der Waals surface area contributed by atoms with Crippen LogP contribution >= 0.6 is 34.5 Å². The van der Waals surface area contributed by atoms with E-state index in [2.05, 4.69) is 25.6 Å². The Hall–Kier alpha value is -2.22. The monoisotopic (exact) mass is 407 g/mol. The molecule has 0 aliphatic carbocycles. The number of hydrogen-bond acceptors (Lipinski definition) is 6. The van der Waals surface area contributed by atoms with Crippen LogP contribution in [-0.4, -0.2) is 34.5 Å². The number of carbonyl (C=O) groups is 1. The van der Waals surface area contributed by atoms with E-state index < -0.39 is 0 Å². The molecule has 0 atom stereocenters. The summed E-state index contributed by atoms with van der Waals surface area (Å²) < 4.78 is 0. The van der Waals surface area contributed by atoms with Crippen molar-refractivity contribution in [1.29, 1.82) is 0 Å². The van der Waals surface area contributed by atoms with E-state index in [9.17, 15) is 4.79 Å². The molecule has 0 fully saturated rings. The molecule has 2 heterocycles. The Balaban J connectivity index is 1.61. The summed E-state index contributed by atoms with van der Waals surface area (Å²) in [5.74, 6) is 0.866. The van der Waals surface area contributed by atoms with Gasteiger partial charge in [-0.05, 0) is 36.2 Å². The molecule has 0 bridgehead atoms. The molecule has 0 saturated heterocycles. The minimum Gasteiger partial charge on any atom is -0.357 e. The molecule has 9 heteroatoms. The molecule has 134 valence electrons. The number of anilines is 1. The van der Waals surface area contributed by atoms with E-state index in [4.69, 9.17) is 23.2 Å². The van der Waals surface area contributed by atoms with Crippen molar-refractivity contribution >= 4 is 46.4 Å². The molecule has 3 aromatic rings. The van der Waals surface area contributed by atoms with Crippen molar-refractivity contribution in [3.8, 4) is 10.7 Å². The predicted molar refractivity (Wildman–Crippen MR) is 105 cm³/mol. The number of benzene rings is 1. The molecule has 1 aromatic carbocycles. The van der Waals surface area contributed by atoms with Crippen LogP contribution < -0.4 is 10.6 Å². The van der Waals surface area contributed by atoms with Crippen LogP contribution in [0, 0.1) is 0 Å². The average molecular weight is 408 g/mol. The zero-order valence-electron chi connectivity index (χ0n) is 13.8. The third-order valence-electron chi connectivity index (χ3n) is 3.54. The maximum Gasteiger partial charge on any atom is 0.261 e. The summed E-state index contributed by atoms with van der Waals surface area (Å²) in [7, 11) is 1.74. The number of halogens is 2. The number of nitrogens with zero attached hydrogens (tertiary/aromatic N) is 3. The maximum absolute atomic E-state index is 12.3. The van der Waals surface area contributed by atoms with Crippen LogP contribution in [0.2, 0.25) is 10.0 Å². The van der Waals surface area contributed by atoms with Gasteiger partial charge in [0.15, 0.2) is 5.82 Å². The fourth-order valence-electron chi connectivity index (χ4n) is 2.24. The van der Waals surface area contributed by atoms with Crippen molar-refractivity contribution in [3.05, 3.63) is 57.1 Å². The highest BCUT2D eigenvalue weighted by Crippen LogP contribution is 2.25. The minimum absolute atomic E-state index is 0.144. The summed E-state index contributed by atoms with van der Waals surface area (Å²) in [6.07, 6.45) is 2.06. The molecule has 0 radical (unpaired) electrons. The Morgan fingerprint density at radius 1 is 1.19 bits per heavy atom. The number of thiophene rings is 1. The Bertz CT molecular complexity index is 931. The smallest absolute Gasteiger partial charge is 0.261 e. The quantitative estimate of drug-likeness (QED) is 0.646. The Morgan fingerprint density at radius 3 is 2.81 bits per heavy atom. The second-order valence-corrected chi connectivity index (χ2v) is 7.22. The molecule has 2 N–H and O–H groups in total. The highest BCUT2D eigenvalue weighted by molar-refractivity contribution is 7.17. The molecule has 0 spiro atoms. The van der Waals surface area contributed by atoms with E-state index in [-0.39, 0.29) is 5.91 Å². The van der Waals surface area contributed by atoms with Crippen molar-refractivity contribution in [2.24, 2.45) is 0 Å². The first-order chi connectivity index (χ1) is 12.6. The number of aromatic nitrogens is 3. The van der Waals surface area contributed by atoms with Gasteiger partial charge in [-0.25, -0.2) is 9.97 Å². The second kappa shape index (κ2) is 8.44. The van der Waals surface area contributed by atoms with Gasteiger partial charge in [-0.15, -0.1) is 11.3 Å². The molecule has 1 amide bonds. The predicted octanol–water partition coefficient (Wildman–Crippen LogP) is 3.92. The van der Waals surface area contributed by atoms with Gasteiger partial charge in [0.25, 0.3) is 5.91 Å². The van der Waals surface area contributed by atoms with Crippen molar-refractivity contribution in [2.75, 3.05) is 18.9 Å². The second-order valence-electron chi connectivity index (χ2n) is 5.29. The fourth-order valence-corrected chi connectivity index (χ4v) is 3.60. The maximum atomic E-state index is 12.3. The van der Waals surface area contributed by atoms with Crippen LogP contribution in [0.1, 0.15) is 15.2 Å². The summed E-state index contributed by atoms with van der Waals surface area (Å²) >= 11 is 13.3. The van der Waals surface area contributed by atoms with Crippen molar-refractivity contribution in [2.45, 2.75) is 6.42 Å². The highest BCUT2D eigenvalue weighted by atomic mass is 35.5. The molecular formula is C17H15Cl2N5OS. The Labute approximate surface area is 164 Å². The summed E-state index contributed by atoms with van der Waals surface area (Å²) in [5, 5.41) is 6.94. The summed E-state index contributed by atoms with van der Waals surface area (Å²) in [5.41, 5.74) is 0.938. The molecule has 3 rings (SSSR count). The largest absolute Gasteiger partial charge is 0.357 e. The number of nitrogens with one attached hydrogen (secondary N) is 2. The van der Waals surface area contributed by atoms with Crippen molar-refractivity contribution < 1.29 is 4.79 Å². The van der Waals surface area contributed by atoms with E-state index in [0.29, 0.717) is 39.7 Å². The normalized spacial score (nSPS) is 10.6. The molecule has 26 heavy (non-hydrogen) atoms. The van der Waals surface area contributed by atoms with Crippen LogP contribution in [0.15, 0.2) is 36.7 Å². The molecular weight excluding hydrogens is 393 g/mol. The number of carbonyl (C=O) groups excluding carboxylic acids is 1. The van der Waals surface area contributed by atoms with E-state index in [1.54, 1.807) is 25.2 Å². The van der Waals surface area contributed by atoms with Gasteiger partial charge in [-0.2, -0.15) is 4.98 Å². The fraction of sp³-hybridized carbons (Fsp3) is 0.176. The molecule has 0 saturated carbocycles. The third-order valence-corrected chi connectivity index (χ3v) is 5.21. The van der Waals surface area contributed by atoms with Gasteiger partial charge < -0.3 is 10.6 Å². The van der Waals surface area contributed by atoms with E-state index in [1.165, 1.54) is 17.7 Å². The summed E-state index contributed by atoms with van der Waals surface area (Å²) in [6, 6.07) is 8.92. The topological polar surface area (TPSA) is 79.8 Å². The van der Waals surface area contributed by atoms with Gasteiger partial charge in [0.1, 0.15) is 6.33 Å². The lowest BCUT2D eigenvalue weighted by atomic mass is 10.1. The first-order valence-corrected chi connectivity index (χ1v) is 9.33. The van der Waals surface area contributed by atoms with Gasteiger partial charge in [0, 0.05) is 23.6 Å². The van der Waals surface area contributed by atoms with Crippen LogP contribution in [0.4, 0.5) is 5.95 Å².